The maximum Gasteiger partial charge on any atom is 0.204 e. The molecule has 0 heterocycles. The number of rotatable bonds is 13. The molecule has 0 aliphatic rings. The first-order chi connectivity index (χ1) is 15.1. The molecule has 0 atom stereocenters. The molecule has 0 fully saturated rings. The fourth-order valence-electron chi connectivity index (χ4n) is 3.06. The Balaban J connectivity index is 2.44. The molecule has 0 amide bonds. The Morgan fingerprint density at radius 2 is 1.23 bits per heavy atom. The second kappa shape index (κ2) is 12.5. The topological polar surface area (TPSA) is 63.2 Å². The van der Waals surface area contributed by atoms with Crippen LogP contribution >= 0.6 is 0 Å². The Morgan fingerprint density at radius 3 is 1.84 bits per heavy atom. The molecule has 0 unspecified atom stereocenters. The van der Waals surface area contributed by atoms with Crippen LogP contribution in [0.2, 0.25) is 0 Å². The minimum absolute atomic E-state index is 0.195. The first-order valence-corrected chi connectivity index (χ1v) is 10.8. The van der Waals surface area contributed by atoms with Crippen molar-refractivity contribution in [1.29, 1.82) is 0 Å². The summed E-state index contributed by atoms with van der Waals surface area (Å²) in [5.74, 6) is 2.51. The molecule has 31 heavy (non-hydrogen) atoms. The van der Waals surface area contributed by atoms with Crippen LogP contribution in [0.15, 0.2) is 36.4 Å². The molecular formula is C25H32O6. The van der Waals surface area contributed by atoms with Crippen LogP contribution in [-0.2, 0) is 0 Å². The van der Waals surface area contributed by atoms with Crippen LogP contribution in [0.1, 0.15) is 50.5 Å². The number of hydrogen-bond donors (Lipinski definition) is 0. The van der Waals surface area contributed by atoms with E-state index < -0.39 is 0 Å². The van der Waals surface area contributed by atoms with E-state index in [1.807, 2.05) is 46.8 Å². The fourth-order valence-corrected chi connectivity index (χ4v) is 3.06. The maximum atomic E-state index is 13.0. The second-order valence-corrected chi connectivity index (χ2v) is 6.31. The molecule has 0 aliphatic heterocycles. The Kier molecular flexibility index (Phi) is 9.75. The average Bonchev–Trinajstić information content (AvgIpc) is 2.77. The highest BCUT2D eigenvalue weighted by Gasteiger charge is 2.18. The predicted octanol–water partition coefficient (Wildman–Crippen LogP) is 5.58. The van der Waals surface area contributed by atoms with Crippen LogP contribution in [-0.4, -0.2) is 38.8 Å². The summed E-state index contributed by atoms with van der Waals surface area (Å²) >= 11 is 0. The summed E-state index contributed by atoms with van der Waals surface area (Å²) < 4.78 is 28.6. The number of carbonyl (C=O) groups is 1. The predicted molar refractivity (Wildman–Crippen MR) is 122 cm³/mol. The zero-order valence-electron chi connectivity index (χ0n) is 19.0. The Hall–Kier alpha value is -3.15. The van der Waals surface area contributed by atoms with Crippen LogP contribution < -0.4 is 23.7 Å². The molecular weight excluding hydrogens is 396 g/mol. The van der Waals surface area contributed by atoms with Gasteiger partial charge in [-0.15, -0.1) is 0 Å². The maximum absolute atomic E-state index is 13.0. The summed E-state index contributed by atoms with van der Waals surface area (Å²) in [6.45, 7) is 11.8. The highest BCUT2D eigenvalue weighted by Crippen LogP contribution is 2.41. The van der Waals surface area contributed by atoms with Crippen molar-refractivity contribution in [2.75, 3.05) is 33.0 Å². The smallest absolute Gasteiger partial charge is 0.204 e. The highest BCUT2D eigenvalue weighted by atomic mass is 16.5. The van der Waals surface area contributed by atoms with Gasteiger partial charge in [0, 0.05) is 5.56 Å². The summed E-state index contributed by atoms with van der Waals surface area (Å²) in [5, 5.41) is 0. The lowest BCUT2D eigenvalue weighted by molar-refractivity contribution is 0.104. The third kappa shape index (κ3) is 6.17. The van der Waals surface area contributed by atoms with Crippen LogP contribution in [0, 0.1) is 0 Å². The van der Waals surface area contributed by atoms with Crippen molar-refractivity contribution >= 4 is 11.9 Å². The molecule has 6 nitrogen and oxygen atoms in total. The summed E-state index contributed by atoms with van der Waals surface area (Å²) in [6, 6.07) is 8.98. The van der Waals surface area contributed by atoms with E-state index >= 15 is 0 Å². The van der Waals surface area contributed by atoms with Crippen LogP contribution in [0.3, 0.4) is 0 Å². The lowest BCUT2D eigenvalue weighted by Gasteiger charge is -2.17. The molecule has 2 rings (SSSR count). The minimum Gasteiger partial charge on any atom is -0.490 e. The fraction of sp³-hybridized carbons (Fsp3) is 0.400. The third-order valence-electron chi connectivity index (χ3n) is 4.23. The Morgan fingerprint density at radius 1 is 0.677 bits per heavy atom. The summed E-state index contributed by atoms with van der Waals surface area (Å²) in [7, 11) is 0. The monoisotopic (exact) mass is 428 g/mol. The van der Waals surface area contributed by atoms with Gasteiger partial charge < -0.3 is 23.7 Å². The molecule has 0 saturated carbocycles. The van der Waals surface area contributed by atoms with E-state index in [1.165, 1.54) is 6.08 Å². The van der Waals surface area contributed by atoms with Crippen molar-refractivity contribution in [2.24, 2.45) is 0 Å². The van der Waals surface area contributed by atoms with Crippen molar-refractivity contribution < 1.29 is 28.5 Å². The van der Waals surface area contributed by atoms with Gasteiger partial charge >= 0.3 is 0 Å². The van der Waals surface area contributed by atoms with Gasteiger partial charge in [0.2, 0.25) is 5.75 Å². The van der Waals surface area contributed by atoms with Gasteiger partial charge in [-0.25, -0.2) is 0 Å². The lowest BCUT2D eigenvalue weighted by atomic mass is 10.1. The first kappa shape index (κ1) is 24.1. The number of allylic oxidation sites excluding steroid dienone is 1. The lowest BCUT2D eigenvalue weighted by Crippen LogP contribution is -2.05. The molecule has 0 N–H and O–H groups in total. The number of ether oxygens (including phenoxy) is 5. The molecule has 6 heteroatoms. The van der Waals surface area contributed by atoms with Gasteiger partial charge in [0.05, 0.1) is 38.6 Å². The van der Waals surface area contributed by atoms with Crippen molar-refractivity contribution in [1.82, 2.24) is 0 Å². The van der Waals surface area contributed by atoms with E-state index in [0.29, 0.717) is 67.3 Å². The van der Waals surface area contributed by atoms with Gasteiger partial charge in [0.15, 0.2) is 28.8 Å². The van der Waals surface area contributed by atoms with Crippen molar-refractivity contribution in [3.63, 3.8) is 0 Å². The van der Waals surface area contributed by atoms with E-state index in [4.69, 9.17) is 23.7 Å². The van der Waals surface area contributed by atoms with Crippen LogP contribution in [0.5, 0.6) is 28.7 Å². The summed E-state index contributed by atoms with van der Waals surface area (Å²) in [5.41, 5.74) is 1.17. The SMILES string of the molecule is CCOc1cccc(C(=O)/C=C/c2ccc(OCC)c(OCC)c2OCC)c1OCC. The van der Waals surface area contributed by atoms with Gasteiger partial charge in [0.25, 0.3) is 0 Å². The molecule has 0 spiro atoms. The average molecular weight is 429 g/mol. The standard InChI is InChI=1S/C25H32O6/c1-6-27-21-13-11-12-19(24(21)30-9-4)20(26)16-14-18-15-17-22(28-7-2)25(31-10-5)23(18)29-8-3/h11-17H,6-10H2,1-5H3/b16-14+. The van der Waals surface area contributed by atoms with Crippen LogP contribution in [0.4, 0.5) is 0 Å². The van der Waals surface area contributed by atoms with Crippen molar-refractivity contribution in [3.05, 3.63) is 47.5 Å². The van der Waals surface area contributed by atoms with Crippen LogP contribution in [0.25, 0.3) is 6.08 Å². The largest absolute Gasteiger partial charge is 0.490 e. The molecule has 2 aromatic carbocycles. The molecule has 0 bridgehead atoms. The number of hydrogen-bond acceptors (Lipinski definition) is 6. The normalized spacial score (nSPS) is 10.7. The number of carbonyl (C=O) groups excluding carboxylic acids is 1. The van der Waals surface area contributed by atoms with Gasteiger partial charge in [0.1, 0.15) is 0 Å². The van der Waals surface area contributed by atoms with Gasteiger partial charge in [-0.2, -0.15) is 0 Å². The minimum atomic E-state index is -0.195. The Labute approximate surface area is 184 Å². The molecule has 0 saturated heterocycles. The zero-order chi connectivity index (χ0) is 22.6. The molecule has 168 valence electrons. The quantitative estimate of drug-likeness (QED) is 0.307. The van der Waals surface area contributed by atoms with Crippen molar-refractivity contribution in [3.8, 4) is 28.7 Å². The van der Waals surface area contributed by atoms with E-state index in [-0.39, 0.29) is 5.78 Å². The summed E-state index contributed by atoms with van der Waals surface area (Å²) in [4.78, 5) is 13.0. The van der Waals surface area contributed by atoms with Gasteiger partial charge in [-0.05, 0) is 71.0 Å². The van der Waals surface area contributed by atoms with Gasteiger partial charge in [-0.1, -0.05) is 6.07 Å². The molecule has 0 aromatic heterocycles. The summed E-state index contributed by atoms with van der Waals surface area (Å²) in [6.07, 6.45) is 3.22. The highest BCUT2D eigenvalue weighted by molar-refractivity contribution is 6.09. The number of ketones is 1. The van der Waals surface area contributed by atoms with Crippen molar-refractivity contribution in [2.45, 2.75) is 34.6 Å². The Bertz CT molecular complexity index is 888. The number of benzene rings is 2. The van der Waals surface area contributed by atoms with E-state index in [1.54, 1.807) is 24.3 Å². The molecule has 0 aliphatic carbocycles. The third-order valence-corrected chi connectivity index (χ3v) is 4.23. The number of para-hydroxylation sites is 1. The van der Waals surface area contributed by atoms with E-state index in [0.717, 1.165) is 5.56 Å². The zero-order valence-corrected chi connectivity index (χ0v) is 19.0. The molecule has 2 aromatic rings. The molecule has 0 radical (unpaired) electrons. The first-order valence-electron chi connectivity index (χ1n) is 10.8. The van der Waals surface area contributed by atoms with E-state index in [2.05, 4.69) is 0 Å². The van der Waals surface area contributed by atoms with Gasteiger partial charge in [-0.3, -0.25) is 4.79 Å². The second-order valence-electron chi connectivity index (χ2n) is 6.31. The van der Waals surface area contributed by atoms with E-state index in [9.17, 15) is 4.79 Å².